The maximum Gasteiger partial charge on any atom is 0.0636 e. The third-order valence-electron chi connectivity index (χ3n) is 13.6. The van der Waals surface area contributed by atoms with Gasteiger partial charge in [0, 0.05) is 5.41 Å². The highest BCUT2D eigenvalue weighted by Gasteiger charge is 2.72. The number of allylic oxidation sites excluding steroid dienone is 1. The summed E-state index contributed by atoms with van der Waals surface area (Å²) < 4.78 is 0. The minimum Gasteiger partial charge on any atom is -0.392 e. The molecule has 0 aromatic heterocycles. The standard InChI is InChI=1S/C30H50O/c1-19(2)21-12-13-22-26(21,4)14-16-29(7)24-18-25(31)30(8)20(3)10-9-11-23(30)27(24,5)15-17-28(22,29)6/h10,19,21-25,31H,9,11-18H2,1-8H3/t21-,22?,23?,24?,25-,26-,27+,28+,29-,30-/m1/s1. The fraction of sp³-hybridized carbons (Fsp3) is 0.933. The lowest BCUT2D eigenvalue weighted by Gasteiger charge is -2.73. The molecule has 5 rings (SSSR count). The molecule has 4 fully saturated rings. The Bertz CT molecular complexity index is 781. The highest BCUT2D eigenvalue weighted by molar-refractivity contribution is 5.27. The van der Waals surface area contributed by atoms with Crippen LogP contribution in [0.5, 0.6) is 0 Å². The van der Waals surface area contributed by atoms with E-state index in [9.17, 15) is 5.11 Å². The topological polar surface area (TPSA) is 20.2 Å². The largest absolute Gasteiger partial charge is 0.392 e. The zero-order chi connectivity index (χ0) is 22.6. The maximum absolute atomic E-state index is 11.7. The molecule has 0 heterocycles. The van der Waals surface area contributed by atoms with Crippen LogP contribution >= 0.6 is 0 Å². The summed E-state index contributed by atoms with van der Waals surface area (Å²) in [5.41, 5.74) is 3.17. The predicted octanol–water partition coefficient (Wildman–Crippen LogP) is 8.02. The van der Waals surface area contributed by atoms with Gasteiger partial charge >= 0.3 is 0 Å². The van der Waals surface area contributed by atoms with Crippen LogP contribution in [-0.4, -0.2) is 11.2 Å². The Morgan fingerprint density at radius 3 is 2.06 bits per heavy atom. The van der Waals surface area contributed by atoms with Crippen LogP contribution < -0.4 is 0 Å². The van der Waals surface area contributed by atoms with Crippen molar-refractivity contribution in [1.82, 2.24) is 0 Å². The minimum absolute atomic E-state index is 0.00706. The van der Waals surface area contributed by atoms with E-state index < -0.39 is 0 Å². The van der Waals surface area contributed by atoms with Crippen molar-refractivity contribution < 1.29 is 5.11 Å². The number of hydrogen-bond donors (Lipinski definition) is 1. The summed E-state index contributed by atoms with van der Waals surface area (Å²) >= 11 is 0. The van der Waals surface area contributed by atoms with Gasteiger partial charge in [-0.1, -0.05) is 60.1 Å². The second-order valence-electron chi connectivity index (χ2n) is 14.4. The van der Waals surface area contributed by atoms with Crippen molar-refractivity contribution in [3.8, 4) is 0 Å². The zero-order valence-corrected chi connectivity index (χ0v) is 21.9. The van der Waals surface area contributed by atoms with Gasteiger partial charge in [-0.15, -0.1) is 0 Å². The normalized spacial score (nSPS) is 58.8. The van der Waals surface area contributed by atoms with Gasteiger partial charge in [0.05, 0.1) is 6.10 Å². The monoisotopic (exact) mass is 426 g/mol. The molecule has 4 saturated carbocycles. The van der Waals surface area contributed by atoms with E-state index >= 15 is 0 Å². The van der Waals surface area contributed by atoms with Gasteiger partial charge in [0.25, 0.3) is 0 Å². The van der Waals surface area contributed by atoms with Crippen LogP contribution in [0.15, 0.2) is 11.6 Å². The lowest BCUT2D eigenvalue weighted by Crippen LogP contribution is -2.68. The molecule has 176 valence electrons. The molecule has 0 bridgehead atoms. The van der Waals surface area contributed by atoms with Crippen molar-refractivity contribution in [3.05, 3.63) is 11.6 Å². The van der Waals surface area contributed by atoms with Gasteiger partial charge in [-0.05, 0) is 116 Å². The average Bonchev–Trinajstić information content (AvgIpc) is 3.06. The highest BCUT2D eigenvalue weighted by atomic mass is 16.3. The first-order chi connectivity index (χ1) is 14.4. The Balaban J connectivity index is 1.57. The van der Waals surface area contributed by atoms with Crippen LogP contribution in [0.1, 0.15) is 113 Å². The molecular formula is C30H50O. The molecule has 10 atom stereocenters. The third-order valence-corrected chi connectivity index (χ3v) is 13.6. The summed E-state index contributed by atoms with van der Waals surface area (Å²) in [4.78, 5) is 0. The first-order valence-electron chi connectivity index (χ1n) is 13.7. The number of aliphatic hydroxyl groups is 1. The maximum atomic E-state index is 11.7. The van der Waals surface area contributed by atoms with Crippen molar-refractivity contribution >= 4 is 0 Å². The summed E-state index contributed by atoms with van der Waals surface area (Å²) in [5, 5.41) is 11.7. The Hall–Kier alpha value is -0.300. The van der Waals surface area contributed by atoms with Gasteiger partial charge in [-0.3, -0.25) is 0 Å². The van der Waals surface area contributed by atoms with Gasteiger partial charge in [0.15, 0.2) is 0 Å². The van der Waals surface area contributed by atoms with E-state index in [-0.39, 0.29) is 11.5 Å². The van der Waals surface area contributed by atoms with Crippen LogP contribution in [0.3, 0.4) is 0 Å². The molecule has 1 heteroatoms. The Labute approximate surface area is 192 Å². The quantitative estimate of drug-likeness (QED) is 0.421. The SMILES string of the molecule is CC1=CCCC2[C@]3(C)CC[C@@]4(C)C5CC[C@H](C(C)C)[C@@]5(C)CC[C@]4(C)C3C[C@@H](O)[C@]12C. The van der Waals surface area contributed by atoms with E-state index in [4.69, 9.17) is 0 Å². The van der Waals surface area contributed by atoms with E-state index in [0.717, 1.165) is 24.2 Å². The summed E-state index contributed by atoms with van der Waals surface area (Å²) in [6, 6.07) is 0. The lowest BCUT2D eigenvalue weighted by molar-refractivity contribution is -0.253. The second-order valence-corrected chi connectivity index (χ2v) is 14.4. The van der Waals surface area contributed by atoms with Crippen molar-refractivity contribution in [2.45, 2.75) is 119 Å². The number of aliphatic hydroxyl groups excluding tert-OH is 1. The highest BCUT2D eigenvalue weighted by Crippen LogP contribution is 2.78. The molecule has 1 N–H and O–H groups in total. The summed E-state index contributed by atoms with van der Waals surface area (Å²) in [7, 11) is 0. The first-order valence-corrected chi connectivity index (χ1v) is 13.7. The fourth-order valence-corrected chi connectivity index (χ4v) is 11.6. The third kappa shape index (κ3) is 2.49. The van der Waals surface area contributed by atoms with E-state index in [0.29, 0.717) is 33.5 Å². The predicted molar refractivity (Wildman–Crippen MR) is 131 cm³/mol. The summed E-state index contributed by atoms with van der Waals surface area (Å²) in [5.74, 6) is 3.89. The molecule has 3 unspecified atom stereocenters. The minimum atomic E-state index is -0.174. The first kappa shape index (κ1) is 22.5. The van der Waals surface area contributed by atoms with Gasteiger partial charge in [0.1, 0.15) is 0 Å². The molecule has 0 aromatic rings. The summed E-state index contributed by atoms with van der Waals surface area (Å²) in [6.45, 7) is 20.4. The van der Waals surface area contributed by atoms with Crippen LogP contribution in [0.25, 0.3) is 0 Å². The lowest BCUT2D eigenvalue weighted by atomic mass is 9.31. The van der Waals surface area contributed by atoms with E-state index in [1.54, 1.807) is 0 Å². The van der Waals surface area contributed by atoms with Crippen LogP contribution in [0.4, 0.5) is 0 Å². The van der Waals surface area contributed by atoms with Gasteiger partial charge in [0.2, 0.25) is 0 Å². The number of rotatable bonds is 1. The van der Waals surface area contributed by atoms with Crippen molar-refractivity contribution in [2.75, 3.05) is 0 Å². The average molecular weight is 427 g/mol. The molecule has 0 radical (unpaired) electrons. The van der Waals surface area contributed by atoms with Crippen molar-refractivity contribution in [1.29, 1.82) is 0 Å². The summed E-state index contributed by atoms with van der Waals surface area (Å²) in [6.07, 6.45) is 14.3. The molecule has 31 heavy (non-hydrogen) atoms. The molecule has 0 saturated heterocycles. The number of hydrogen-bond acceptors (Lipinski definition) is 1. The number of fused-ring (bicyclic) bond motifs is 7. The van der Waals surface area contributed by atoms with Crippen LogP contribution in [-0.2, 0) is 0 Å². The molecule has 1 nitrogen and oxygen atoms in total. The van der Waals surface area contributed by atoms with E-state index in [1.165, 1.54) is 56.9 Å². The van der Waals surface area contributed by atoms with Crippen molar-refractivity contribution in [3.63, 3.8) is 0 Å². The molecule has 0 aliphatic heterocycles. The van der Waals surface area contributed by atoms with Gasteiger partial charge in [-0.25, -0.2) is 0 Å². The zero-order valence-electron chi connectivity index (χ0n) is 21.9. The molecule has 5 aliphatic rings. The van der Waals surface area contributed by atoms with Crippen molar-refractivity contribution in [2.24, 2.45) is 56.7 Å². The Morgan fingerprint density at radius 1 is 0.806 bits per heavy atom. The molecular weight excluding hydrogens is 376 g/mol. The van der Waals surface area contributed by atoms with E-state index in [1.807, 2.05) is 0 Å². The van der Waals surface area contributed by atoms with Crippen LogP contribution in [0, 0.1) is 56.7 Å². The second kappa shape index (κ2) is 6.64. The van der Waals surface area contributed by atoms with Gasteiger partial charge < -0.3 is 5.11 Å². The van der Waals surface area contributed by atoms with Crippen LogP contribution in [0.2, 0.25) is 0 Å². The van der Waals surface area contributed by atoms with E-state index in [2.05, 4.69) is 61.5 Å². The van der Waals surface area contributed by atoms with Gasteiger partial charge in [-0.2, -0.15) is 0 Å². The molecule has 0 spiro atoms. The molecule has 0 aromatic carbocycles. The fourth-order valence-electron chi connectivity index (χ4n) is 11.6. The molecule has 0 amide bonds. The smallest absolute Gasteiger partial charge is 0.0636 e. The Morgan fingerprint density at radius 2 is 1.42 bits per heavy atom. The Kier molecular flexibility index (Phi) is 4.82. The molecule has 5 aliphatic carbocycles.